The van der Waals surface area contributed by atoms with E-state index in [-0.39, 0.29) is 17.0 Å². The van der Waals surface area contributed by atoms with Gasteiger partial charge in [-0.15, -0.1) is 0 Å². The summed E-state index contributed by atoms with van der Waals surface area (Å²) in [5.74, 6) is -0.00874. The molecule has 0 radical (unpaired) electrons. The van der Waals surface area contributed by atoms with Crippen LogP contribution in [0, 0.1) is 11.3 Å². The van der Waals surface area contributed by atoms with Crippen LogP contribution >= 0.6 is 0 Å². The molecule has 0 atom stereocenters. The van der Waals surface area contributed by atoms with E-state index in [2.05, 4.69) is 11.1 Å². The predicted octanol–water partition coefficient (Wildman–Crippen LogP) is 3.28. The molecule has 2 aromatic heterocycles. The quantitative estimate of drug-likeness (QED) is 0.478. The number of hydrogen-bond acceptors (Lipinski definition) is 5. The minimum absolute atomic E-state index is 0.00874. The molecule has 0 spiro atoms. The zero-order valence-corrected chi connectivity index (χ0v) is 18.6. The van der Waals surface area contributed by atoms with Crippen LogP contribution in [-0.2, 0) is 6.54 Å². The summed E-state index contributed by atoms with van der Waals surface area (Å²) in [6, 6.07) is 24.8. The first-order chi connectivity index (χ1) is 16.7. The summed E-state index contributed by atoms with van der Waals surface area (Å²) in [5.41, 5.74) is 2.53. The van der Waals surface area contributed by atoms with E-state index >= 15 is 0 Å². The van der Waals surface area contributed by atoms with Crippen LogP contribution in [0.1, 0.15) is 21.5 Å². The number of amides is 1. The zero-order chi connectivity index (χ0) is 23.5. The second kappa shape index (κ2) is 9.20. The lowest BCUT2D eigenvalue weighted by molar-refractivity contribution is 0.0747. The average Bonchev–Trinajstić information content (AvgIpc) is 2.90. The number of carbonyl (C=O) groups is 1. The van der Waals surface area contributed by atoms with Crippen molar-refractivity contribution >= 4 is 22.6 Å². The number of nitriles is 1. The Morgan fingerprint density at radius 3 is 2.26 bits per heavy atom. The van der Waals surface area contributed by atoms with Crippen LogP contribution < -0.4 is 10.5 Å². The molecule has 7 nitrogen and oxygen atoms in total. The molecule has 1 aliphatic rings. The maximum Gasteiger partial charge on any atom is 0.272 e. The Bertz CT molecular complexity index is 1430. The lowest BCUT2D eigenvalue weighted by Gasteiger charge is -2.37. The molecule has 1 saturated heterocycles. The molecule has 2 aromatic carbocycles. The highest BCUT2D eigenvalue weighted by molar-refractivity contribution is 5.95. The molecule has 5 rings (SSSR count). The number of aromatic nitrogens is 2. The van der Waals surface area contributed by atoms with Crippen molar-refractivity contribution in [2.45, 2.75) is 6.54 Å². The Balaban J connectivity index is 1.50. The van der Waals surface area contributed by atoms with Gasteiger partial charge in [-0.25, -0.2) is 4.98 Å². The fourth-order valence-corrected chi connectivity index (χ4v) is 4.50. The first-order valence-electron chi connectivity index (χ1n) is 11.2. The number of anilines is 1. The first-order valence-corrected chi connectivity index (χ1v) is 11.2. The molecular weight excluding hydrogens is 426 g/mol. The number of hydrogen-bond donors (Lipinski definition) is 0. The zero-order valence-electron chi connectivity index (χ0n) is 18.6. The maximum atomic E-state index is 13.4. The molecule has 7 heteroatoms. The molecule has 0 saturated carbocycles. The van der Waals surface area contributed by atoms with E-state index in [0.29, 0.717) is 49.6 Å². The largest absolute Gasteiger partial charge is 0.366 e. The Morgan fingerprint density at radius 2 is 1.59 bits per heavy atom. The van der Waals surface area contributed by atoms with Crippen molar-refractivity contribution in [2.24, 2.45) is 0 Å². The van der Waals surface area contributed by atoms with E-state index in [4.69, 9.17) is 0 Å². The summed E-state index contributed by atoms with van der Waals surface area (Å²) in [4.78, 5) is 34.7. The fourth-order valence-electron chi connectivity index (χ4n) is 4.50. The second-order valence-corrected chi connectivity index (χ2v) is 8.23. The van der Waals surface area contributed by atoms with Crippen molar-refractivity contribution in [1.82, 2.24) is 14.5 Å². The molecule has 0 unspecified atom stereocenters. The van der Waals surface area contributed by atoms with Crippen molar-refractivity contribution in [2.75, 3.05) is 31.1 Å². The van der Waals surface area contributed by atoms with E-state index in [9.17, 15) is 14.9 Å². The lowest BCUT2D eigenvalue weighted by Crippen LogP contribution is -2.49. The molecule has 3 heterocycles. The Morgan fingerprint density at radius 1 is 0.912 bits per heavy atom. The Labute approximate surface area is 197 Å². The van der Waals surface area contributed by atoms with Gasteiger partial charge in [-0.05, 0) is 29.8 Å². The minimum Gasteiger partial charge on any atom is -0.366 e. The summed E-state index contributed by atoms with van der Waals surface area (Å²) in [7, 11) is 0. The molecule has 168 valence electrons. The van der Waals surface area contributed by atoms with Gasteiger partial charge in [-0.3, -0.25) is 14.2 Å². The van der Waals surface area contributed by atoms with Gasteiger partial charge in [0, 0.05) is 43.3 Å². The van der Waals surface area contributed by atoms with Gasteiger partial charge in [0.25, 0.3) is 11.5 Å². The predicted molar refractivity (Wildman–Crippen MR) is 131 cm³/mol. The fraction of sp³-hybridized carbons (Fsp3) is 0.185. The third kappa shape index (κ3) is 3.90. The van der Waals surface area contributed by atoms with Gasteiger partial charge in [0.15, 0.2) is 0 Å². The SMILES string of the molecule is N#Cc1c(N2CCN(C(=O)c3ccccc3)CC2)c2cccnc2n(Cc2ccccc2)c1=O. The lowest BCUT2D eigenvalue weighted by atomic mass is 10.1. The van der Waals surface area contributed by atoms with E-state index in [1.165, 1.54) is 0 Å². The molecule has 1 fully saturated rings. The van der Waals surface area contributed by atoms with Crippen molar-refractivity contribution in [3.8, 4) is 6.07 Å². The van der Waals surface area contributed by atoms with Gasteiger partial charge in [-0.2, -0.15) is 5.26 Å². The summed E-state index contributed by atoms with van der Waals surface area (Å²) < 4.78 is 1.57. The van der Waals surface area contributed by atoms with Gasteiger partial charge in [-0.1, -0.05) is 48.5 Å². The van der Waals surface area contributed by atoms with Gasteiger partial charge in [0.2, 0.25) is 0 Å². The maximum absolute atomic E-state index is 13.4. The highest BCUT2D eigenvalue weighted by atomic mass is 16.2. The number of fused-ring (bicyclic) bond motifs is 1. The van der Waals surface area contributed by atoms with Crippen molar-refractivity contribution in [1.29, 1.82) is 5.26 Å². The molecule has 1 aliphatic heterocycles. The van der Waals surface area contributed by atoms with Gasteiger partial charge < -0.3 is 9.80 Å². The Hall–Kier alpha value is -4.44. The van der Waals surface area contributed by atoms with Crippen LogP contribution in [0.3, 0.4) is 0 Å². The molecule has 1 amide bonds. The third-order valence-electron chi connectivity index (χ3n) is 6.19. The first kappa shape index (κ1) is 21.4. The number of carbonyl (C=O) groups excluding carboxylic acids is 1. The third-order valence-corrected chi connectivity index (χ3v) is 6.19. The van der Waals surface area contributed by atoms with Gasteiger partial charge in [0.05, 0.1) is 12.2 Å². The minimum atomic E-state index is -0.352. The van der Waals surface area contributed by atoms with Crippen molar-refractivity contribution in [3.63, 3.8) is 0 Å². The van der Waals surface area contributed by atoms with E-state index in [1.54, 1.807) is 10.8 Å². The van der Waals surface area contributed by atoms with Crippen LogP contribution in [0.4, 0.5) is 5.69 Å². The summed E-state index contributed by atoms with van der Waals surface area (Å²) in [6.07, 6.45) is 1.66. The number of nitrogens with zero attached hydrogens (tertiary/aromatic N) is 5. The Kier molecular flexibility index (Phi) is 5.79. The van der Waals surface area contributed by atoms with Crippen molar-refractivity contribution < 1.29 is 4.79 Å². The summed E-state index contributed by atoms with van der Waals surface area (Å²) in [5, 5.41) is 10.8. The molecule has 34 heavy (non-hydrogen) atoms. The van der Waals surface area contributed by atoms with Crippen LogP contribution in [-0.4, -0.2) is 46.5 Å². The van der Waals surface area contributed by atoms with Gasteiger partial charge >= 0.3 is 0 Å². The number of benzene rings is 2. The van der Waals surface area contributed by atoms with E-state index in [0.717, 1.165) is 10.9 Å². The van der Waals surface area contributed by atoms with Crippen molar-refractivity contribution in [3.05, 3.63) is 106 Å². The standard InChI is InChI=1S/C27H23N5O2/c28-18-23-24(30-14-16-31(17-15-30)26(33)21-10-5-2-6-11-21)22-12-7-13-29-25(22)32(27(23)34)19-20-8-3-1-4-9-20/h1-13H,14-17,19H2. The average molecular weight is 450 g/mol. The number of pyridine rings is 2. The van der Waals surface area contributed by atoms with Crippen LogP contribution in [0.5, 0.6) is 0 Å². The molecule has 4 aromatic rings. The number of rotatable bonds is 4. The normalized spacial score (nSPS) is 13.6. The summed E-state index contributed by atoms with van der Waals surface area (Å²) in [6.45, 7) is 2.40. The number of piperazine rings is 1. The van der Waals surface area contributed by atoms with Crippen LogP contribution in [0.2, 0.25) is 0 Å². The van der Waals surface area contributed by atoms with E-state index < -0.39 is 0 Å². The highest BCUT2D eigenvalue weighted by Crippen LogP contribution is 2.29. The molecule has 0 bridgehead atoms. The smallest absolute Gasteiger partial charge is 0.272 e. The van der Waals surface area contributed by atoms with Gasteiger partial charge in [0.1, 0.15) is 17.3 Å². The molecule has 0 aliphatic carbocycles. The molecule has 0 N–H and O–H groups in total. The van der Waals surface area contributed by atoms with Crippen LogP contribution in [0.15, 0.2) is 83.8 Å². The summed E-state index contributed by atoms with van der Waals surface area (Å²) >= 11 is 0. The highest BCUT2D eigenvalue weighted by Gasteiger charge is 2.27. The topological polar surface area (TPSA) is 82.2 Å². The van der Waals surface area contributed by atoms with Crippen LogP contribution in [0.25, 0.3) is 11.0 Å². The van der Waals surface area contributed by atoms with E-state index in [1.807, 2.05) is 82.6 Å². The molecular formula is C27H23N5O2. The second-order valence-electron chi connectivity index (χ2n) is 8.23. The monoisotopic (exact) mass is 449 g/mol.